The summed E-state index contributed by atoms with van der Waals surface area (Å²) in [6.45, 7) is 3.48. The quantitative estimate of drug-likeness (QED) is 0.719. The normalized spacial score (nSPS) is 13.0. The molecule has 1 rings (SSSR count). The van der Waals surface area contributed by atoms with E-state index in [1.54, 1.807) is 6.07 Å². The van der Waals surface area contributed by atoms with Crippen LogP contribution < -0.4 is 5.73 Å². The molecule has 66 valence electrons. The van der Waals surface area contributed by atoms with E-state index < -0.39 is 6.67 Å². The van der Waals surface area contributed by atoms with Crippen molar-refractivity contribution in [3.8, 4) is 0 Å². The Balaban J connectivity index is 3.08. The van der Waals surface area contributed by atoms with Crippen LogP contribution in [0.15, 0.2) is 18.2 Å². The second-order valence-electron chi connectivity index (χ2n) is 3.11. The van der Waals surface area contributed by atoms with Gasteiger partial charge in [-0.05, 0) is 30.5 Å². The molecule has 0 saturated carbocycles. The molecule has 0 spiro atoms. The highest BCUT2D eigenvalue weighted by molar-refractivity contribution is 5.32. The number of halogens is 1. The smallest absolute Gasteiger partial charge is 0.115 e. The molecule has 0 aliphatic carbocycles. The molecule has 0 amide bonds. The highest BCUT2D eigenvalue weighted by Crippen LogP contribution is 2.17. The Labute approximate surface area is 72.4 Å². The predicted molar refractivity (Wildman–Crippen MR) is 48.6 cm³/mol. The Morgan fingerprint density at radius 2 is 2.17 bits per heavy atom. The van der Waals surface area contributed by atoms with Gasteiger partial charge in [-0.1, -0.05) is 18.2 Å². The molecule has 1 aromatic carbocycles. The maximum absolute atomic E-state index is 12.3. The average molecular weight is 167 g/mol. The minimum Gasteiger partial charge on any atom is -0.324 e. The van der Waals surface area contributed by atoms with Crippen molar-refractivity contribution in [3.05, 3.63) is 34.9 Å². The fraction of sp³-hybridized carbons (Fsp3) is 0.400. The summed E-state index contributed by atoms with van der Waals surface area (Å²) in [7, 11) is 0. The lowest BCUT2D eigenvalue weighted by atomic mass is 10.0. The fourth-order valence-corrected chi connectivity index (χ4v) is 1.26. The van der Waals surface area contributed by atoms with Crippen LogP contribution in [0, 0.1) is 6.92 Å². The van der Waals surface area contributed by atoms with Crippen LogP contribution in [0.3, 0.4) is 0 Å². The summed E-state index contributed by atoms with van der Waals surface area (Å²) in [6, 6.07) is 5.52. The molecule has 0 aliphatic rings. The SMILES string of the molecule is Cc1ccc(CF)cc1C(C)N. The van der Waals surface area contributed by atoms with Crippen molar-refractivity contribution in [3.63, 3.8) is 0 Å². The van der Waals surface area contributed by atoms with Crippen LogP contribution in [-0.2, 0) is 6.67 Å². The zero-order valence-electron chi connectivity index (χ0n) is 7.47. The van der Waals surface area contributed by atoms with Crippen LogP contribution in [0.25, 0.3) is 0 Å². The minimum absolute atomic E-state index is 0.0171. The highest BCUT2D eigenvalue weighted by Gasteiger charge is 2.03. The Kier molecular flexibility index (Phi) is 2.82. The van der Waals surface area contributed by atoms with Gasteiger partial charge in [-0.3, -0.25) is 0 Å². The van der Waals surface area contributed by atoms with Crippen LogP contribution in [-0.4, -0.2) is 0 Å². The maximum Gasteiger partial charge on any atom is 0.115 e. The van der Waals surface area contributed by atoms with E-state index in [0.29, 0.717) is 5.56 Å². The van der Waals surface area contributed by atoms with Crippen molar-refractivity contribution in [2.45, 2.75) is 26.6 Å². The van der Waals surface area contributed by atoms with Crippen LogP contribution in [0.4, 0.5) is 4.39 Å². The van der Waals surface area contributed by atoms with Gasteiger partial charge in [-0.25, -0.2) is 4.39 Å². The number of hydrogen-bond acceptors (Lipinski definition) is 1. The summed E-state index contributed by atoms with van der Waals surface area (Å²) in [5, 5.41) is 0. The maximum atomic E-state index is 12.3. The van der Waals surface area contributed by atoms with Gasteiger partial charge in [-0.15, -0.1) is 0 Å². The van der Waals surface area contributed by atoms with Gasteiger partial charge in [0, 0.05) is 6.04 Å². The van der Waals surface area contributed by atoms with Gasteiger partial charge < -0.3 is 5.73 Å². The zero-order chi connectivity index (χ0) is 9.14. The number of hydrogen-bond donors (Lipinski definition) is 1. The van der Waals surface area contributed by atoms with Crippen molar-refractivity contribution < 1.29 is 4.39 Å². The molecule has 12 heavy (non-hydrogen) atoms. The van der Waals surface area contributed by atoms with E-state index in [-0.39, 0.29) is 6.04 Å². The summed E-state index contributed by atoms with van der Waals surface area (Å²) in [5.74, 6) is 0. The number of nitrogens with two attached hydrogens (primary N) is 1. The van der Waals surface area contributed by atoms with E-state index in [4.69, 9.17) is 5.73 Å². The largest absolute Gasteiger partial charge is 0.324 e. The Morgan fingerprint density at radius 3 is 2.67 bits per heavy atom. The molecule has 0 aromatic heterocycles. The Morgan fingerprint density at radius 1 is 1.50 bits per heavy atom. The predicted octanol–water partition coefficient (Wildman–Crippen LogP) is 2.48. The van der Waals surface area contributed by atoms with Crippen LogP contribution in [0.1, 0.15) is 29.7 Å². The van der Waals surface area contributed by atoms with Crippen LogP contribution in [0.5, 0.6) is 0 Å². The van der Waals surface area contributed by atoms with E-state index in [9.17, 15) is 4.39 Å². The third kappa shape index (κ3) is 1.83. The summed E-state index contributed by atoms with van der Waals surface area (Å²) < 4.78 is 12.3. The molecule has 0 radical (unpaired) electrons. The second-order valence-corrected chi connectivity index (χ2v) is 3.11. The van der Waals surface area contributed by atoms with Crippen molar-refractivity contribution in [1.82, 2.24) is 0 Å². The lowest BCUT2D eigenvalue weighted by Crippen LogP contribution is -2.07. The van der Waals surface area contributed by atoms with Crippen molar-refractivity contribution in [2.75, 3.05) is 0 Å². The van der Waals surface area contributed by atoms with Gasteiger partial charge in [0.15, 0.2) is 0 Å². The number of benzene rings is 1. The first kappa shape index (κ1) is 9.20. The molecule has 1 atom stereocenters. The molecule has 0 heterocycles. The van der Waals surface area contributed by atoms with Gasteiger partial charge in [0.1, 0.15) is 6.67 Å². The Bertz CT molecular complexity index is 269. The first-order valence-electron chi connectivity index (χ1n) is 4.06. The van der Waals surface area contributed by atoms with Crippen molar-refractivity contribution in [1.29, 1.82) is 0 Å². The lowest BCUT2D eigenvalue weighted by molar-refractivity contribution is 0.484. The molecule has 1 nitrogen and oxygen atoms in total. The fourth-order valence-electron chi connectivity index (χ4n) is 1.26. The average Bonchev–Trinajstić information content (AvgIpc) is 2.05. The summed E-state index contributed by atoms with van der Waals surface area (Å²) >= 11 is 0. The third-order valence-corrected chi connectivity index (χ3v) is 1.99. The van der Waals surface area contributed by atoms with E-state index in [1.165, 1.54) is 0 Å². The number of alkyl halides is 1. The molecular weight excluding hydrogens is 153 g/mol. The molecule has 0 aliphatic heterocycles. The topological polar surface area (TPSA) is 26.0 Å². The number of aryl methyl sites for hydroxylation is 1. The van der Waals surface area contributed by atoms with Gasteiger partial charge in [0.05, 0.1) is 0 Å². The van der Waals surface area contributed by atoms with Gasteiger partial charge in [0.2, 0.25) is 0 Å². The molecule has 2 N–H and O–H groups in total. The first-order chi connectivity index (χ1) is 5.65. The molecular formula is C10H14FN. The van der Waals surface area contributed by atoms with Crippen LogP contribution >= 0.6 is 0 Å². The minimum atomic E-state index is -0.417. The first-order valence-corrected chi connectivity index (χ1v) is 4.06. The van der Waals surface area contributed by atoms with E-state index in [0.717, 1.165) is 11.1 Å². The summed E-state index contributed by atoms with van der Waals surface area (Å²) in [6.07, 6.45) is 0. The molecule has 1 unspecified atom stereocenters. The van der Waals surface area contributed by atoms with Gasteiger partial charge in [-0.2, -0.15) is 0 Å². The second kappa shape index (κ2) is 3.68. The van der Waals surface area contributed by atoms with E-state index in [2.05, 4.69) is 0 Å². The summed E-state index contributed by atoms with van der Waals surface area (Å²) in [5.41, 5.74) is 8.58. The molecule has 0 bridgehead atoms. The van der Waals surface area contributed by atoms with E-state index >= 15 is 0 Å². The van der Waals surface area contributed by atoms with Gasteiger partial charge in [0.25, 0.3) is 0 Å². The van der Waals surface area contributed by atoms with Crippen LogP contribution in [0.2, 0.25) is 0 Å². The molecule has 0 saturated heterocycles. The Hall–Kier alpha value is -0.890. The summed E-state index contributed by atoms with van der Waals surface area (Å²) in [4.78, 5) is 0. The van der Waals surface area contributed by atoms with Crippen molar-refractivity contribution >= 4 is 0 Å². The molecule has 2 heteroatoms. The number of rotatable bonds is 2. The lowest BCUT2D eigenvalue weighted by Gasteiger charge is -2.10. The highest BCUT2D eigenvalue weighted by atomic mass is 19.1. The van der Waals surface area contributed by atoms with E-state index in [1.807, 2.05) is 26.0 Å². The van der Waals surface area contributed by atoms with Crippen molar-refractivity contribution in [2.24, 2.45) is 5.73 Å². The monoisotopic (exact) mass is 167 g/mol. The molecule has 0 fully saturated rings. The molecule has 1 aromatic rings. The third-order valence-electron chi connectivity index (χ3n) is 1.99. The standard InChI is InChI=1S/C10H14FN/c1-7-3-4-9(6-11)5-10(7)8(2)12/h3-5,8H,6,12H2,1-2H3. The van der Waals surface area contributed by atoms with Gasteiger partial charge >= 0.3 is 0 Å². The zero-order valence-corrected chi connectivity index (χ0v) is 7.47.